The van der Waals surface area contributed by atoms with Gasteiger partial charge in [0.25, 0.3) is 0 Å². The molecule has 4 aromatic carbocycles. The van der Waals surface area contributed by atoms with Crippen LogP contribution in [0.15, 0.2) is 92.0 Å². The largest absolute Gasteiger partial charge is 0.748 e. The minimum Gasteiger partial charge on any atom is -0.748 e. The summed E-state index contributed by atoms with van der Waals surface area (Å²) in [6.45, 7) is 5.33. The van der Waals surface area contributed by atoms with Gasteiger partial charge in [-0.05, 0) is 111 Å². The van der Waals surface area contributed by atoms with Crippen molar-refractivity contribution in [1.82, 2.24) is 0 Å². The van der Waals surface area contributed by atoms with Gasteiger partial charge in [0.15, 0.2) is 5.71 Å². The van der Waals surface area contributed by atoms with E-state index in [0.717, 1.165) is 12.1 Å². The maximum Gasteiger partial charge on any atom is 0.303 e. The van der Waals surface area contributed by atoms with Crippen molar-refractivity contribution in [3.8, 4) is 0 Å². The molecule has 0 bridgehead atoms. The molecule has 1 atom stereocenters. The lowest BCUT2D eigenvalue weighted by Crippen LogP contribution is -2.28. The zero-order valence-electron chi connectivity index (χ0n) is 34.4. The summed E-state index contributed by atoms with van der Waals surface area (Å²) >= 11 is 0. The molecule has 0 aliphatic carbocycles. The summed E-state index contributed by atoms with van der Waals surface area (Å²) in [5.41, 5.74) is -0.233. The maximum absolute atomic E-state index is 12.4. The van der Waals surface area contributed by atoms with Crippen molar-refractivity contribution in [1.29, 1.82) is 0 Å². The number of hydrogen-bond donors (Lipinski definition) is 1. The monoisotopic (exact) mass is 980 g/mol. The number of rotatable bonds is 16. The Kier molecular flexibility index (Phi) is 12.7. The topological polar surface area (TPSA) is 330 Å². The molecular formula is C40H40N2O17S5-4. The highest BCUT2D eigenvalue weighted by molar-refractivity contribution is 7.87. The first-order valence-electron chi connectivity index (χ1n) is 19.3. The van der Waals surface area contributed by atoms with Crippen molar-refractivity contribution < 1.29 is 79.3 Å². The van der Waals surface area contributed by atoms with Gasteiger partial charge in [-0.3, -0.25) is 4.79 Å². The van der Waals surface area contributed by atoms with Crippen LogP contribution in [0.4, 0.5) is 11.4 Å². The van der Waals surface area contributed by atoms with E-state index in [1.165, 1.54) is 24.3 Å². The van der Waals surface area contributed by atoms with E-state index in [4.69, 9.17) is 0 Å². The number of carbonyl (C=O) groups is 1. The summed E-state index contributed by atoms with van der Waals surface area (Å²) in [4.78, 5) is 8.97. The summed E-state index contributed by atoms with van der Waals surface area (Å²) < 4.78 is 185. The molecule has 19 nitrogen and oxygen atoms in total. The Balaban J connectivity index is 1.58. The number of likely N-dealkylation sites (N-methyl/N-ethyl adjacent to an activating group) is 1. The highest BCUT2D eigenvalue weighted by Gasteiger charge is 2.47. The molecule has 64 heavy (non-hydrogen) atoms. The highest BCUT2D eigenvalue weighted by atomic mass is 32.2. The predicted octanol–water partition coefficient (Wildman–Crippen LogP) is 3.80. The van der Waals surface area contributed by atoms with Crippen LogP contribution < -0.4 is 4.90 Å². The molecule has 0 fully saturated rings. The van der Waals surface area contributed by atoms with E-state index in [1.54, 1.807) is 50.9 Å². The molecule has 346 valence electrons. The Hall–Kier alpha value is -4.63. The molecule has 2 heterocycles. The third-order valence-corrected chi connectivity index (χ3v) is 15.9. The van der Waals surface area contributed by atoms with Gasteiger partial charge in [0.1, 0.15) is 47.0 Å². The maximum atomic E-state index is 12.4. The third-order valence-electron chi connectivity index (χ3n) is 11.8. The molecule has 0 saturated heterocycles. The second kappa shape index (κ2) is 16.7. The number of aliphatic carboxylic acids is 1. The van der Waals surface area contributed by atoms with Crippen molar-refractivity contribution in [2.45, 2.75) is 89.7 Å². The standard InChI is InChI=1S/C40H44N2O17S5/c1-39(2)34(42(18-7-5-6-12-36(43)44)31-16-14-26-28(37(31)39)20-24(61(48,49)50)22-32(26)63(54,55)56)10-8-11-35-40(3,17-9-19-60(45,46)47)38-29-21-25(62(51,52)53)23-33(64(57,58)59)27(29)13-15-30(38)41(35)4/h8,10-11,13-16,20-23H,5-7,9,12,17-19H2,1-4H3,(H5-,43,44,45,46,47,48,49,50,51,52,53,54,55,56,57,58,59)/p-4. The van der Waals surface area contributed by atoms with Gasteiger partial charge in [-0.1, -0.05) is 12.1 Å². The third kappa shape index (κ3) is 9.39. The smallest absolute Gasteiger partial charge is 0.303 e. The van der Waals surface area contributed by atoms with Gasteiger partial charge in [0, 0.05) is 65.5 Å². The first-order chi connectivity index (χ1) is 29.3. The van der Waals surface area contributed by atoms with Crippen LogP contribution >= 0.6 is 0 Å². The van der Waals surface area contributed by atoms with E-state index in [9.17, 15) is 74.8 Å². The Morgan fingerprint density at radius 2 is 1.22 bits per heavy atom. The zero-order valence-corrected chi connectivity index (χ0v) is 38.5. The Bertz CT molecular complexity index is 3340. The molecule has 1 unspecified atom stereocenters. The molecule has 2 aliphatic rings. The van der Waals surface area contributed by atoms with Gasteiger partial charge in [-0.2, -0.15) is 4.58 Å². The van der Waals surface area contributed by atoms with Crippen molar-refractivity contribution >= 4 is 95.2 Å². The van der Waals surface area contributed by atoms with E-state index >= 15 is 0 Å². The Labute approximate surface area is 370 Å². The fourth-order valence-electron chi connectivity index (χ4n) is 9.04. The van der Waals surface area contributed by atoms with Crippen molar-refractivity contribution in [3.63, 3.8) is 0 Å². The van der Waals surface area contributed by atoms with Crippen LogP contribution in [0.2, 0.25) is 0 Å². The first kappa shape index (κ1) is 48.8. The quantitative estimate of drug-likeness (QED) is 0.0947. The number of fused-ring (bicyclic) bond motifs is 6. The lowest BCUT2D eigenvalue weighted by Gasteiger charge is -2.30. The highest BCUT2D eigenvalue weighted by Crippen LogP contribution is 2.54. The van der Waals surface area contributed by atoms with Crippen LogP contribution in [0.25, 0.3) is 21.5 Å². The molecule has 24 heteroatoms. The number of hydrogen-bond acceptors (Lipinski definition) is 17. The van der Waals surface area contributed by atoms with Crippen LogP contribution in [-0.2, 0) is 66.2 Å². The van der Waals surface area contributed by atoms with E-state index in [-0.39, 0.29) is 52.9 Å². The van der Waals surface area contributed by atoms with Crippen LogP contribution in [0.3, 0.4) is 0 Å². The Morgan fingerprint density at radius 1 is 0.688 bits per heavy atom. The molecule has 2 aliphatic heterocycles. The van der Waals surface area contributed by atoms with E-state index < -0.39 is 92.7 Å². The summed E-state index contributed by atoms with van der Waals surface area (Å²) in [5.74, 6) is -1.81. The number of benzene rings is 4. The van der Waals surface area contributed by atoms with Gasteiger partial charge >= 0.3 is 5.97 Å². The molecule has 4 aromatic rings. The number of anilines is 1. The number of carboxylic acids is 1. The minimum absolute atomic E-state index is 0.0100. The number of allylic oxidation sites excluding steroid dienone is 4. The predicted molar refractivity (Wildman–Crippen MR) is 225 cm³/mol. The van der Waals surface area contributed by atoms with Gasteiger partial charge in [-0.15, -0.1) is 0 Å². The van der Waals surface area contributed by atoms with Crippen molar-refractivity contribution in [2.75, 3.05) is 24.2 Å². The molecule has 6 rings (SSSR count). The summed E-state index contributed by atoms with van der Waals surface area (Å²) in [7, 11) is -24.5. The SMILES string of the molecule is CN1C(=CC=CC2=[N+](CCCCCC(=O)O)c3ccc4c(S(=O)(=O)[O-])cc(S(=O)(=O)[O-])cc4c3C2(C)C)C(C)(CCCS(=O)(=O)[O-])c2c1ccc1c(S(=O)(=O)[O-])cc(S(=O)(=O)[O-])cc21. The molecule has 0 saturated carbocycles. The van der Waals surface area contributed by atoms with Crippen LogP contribution in [0.5, 0.6) is 0 Å². The first-order valence-corrected chi connectivity index (χ1v) is 26.5. The van der Waals surface area contributed by atoms with Gasteiger partial charge < -0.3 is 32.8 Å². The second-order valence-electron chi connectivity index (χ2n) is 16.3. The minimum atomic E-state index is -5.38. The van der Waals surface area contributed by atoms with Gasteiger partial charge in [0.05, 0.1) is 35.1 Å². The molecule has 0 aromatic heterocycles. The van der Waals surface area contributed by atoms with E-state index in [0.29, 0.717) is 59.7 Å². The second-order valence-corrected chi connectivity index (χ2v) is 23.3. The molecule has 0 amide bonds. The average Bonchev–Trinajstić information content (AvgIpc) is 3.50. The number of carboxylic acid groups (broad SMARTS) is 1. The fraction of sp³-hybridized carbons (Fsp3) is 0.350. The lowest BCUT2D eigenvalue weighted by atomic mass is 9.75. The average molecular weight is 981 g/mol. The van der Waals surface area contributed by atoms with Gasteiger partial charge in [0.2, 0.25) is 5.69 Å². The molecular weight excluding hydrogens is 941 g/mol. The van der Waals surface area contributed by atoms with Crippen LogP contribution in [-0.4, -0.2) is 106 Å². The van der Waals surface area contributed by atoms with E-state index in [2.05, 4.69) is 0 Å². The number of nitrogens with zero attached hydrogens (tertiary/aromatic N) is 2. The summed E-state index contributed by atoms with van der Waals surface area (Å²) in [5, 5.41) is 8.69. The molecule has 0 radical (unpaired) electrons. The normalized spacial score (nSPS) is 18.8. The molecule has 0 spiro atoms. The Morgan fingerprint density at radius 3 is 1.72 bits per heavy atom. The lowest BCUT2D eigenvalue weighted by molar-refractivity contribution is -0.438. The summed E-state index contributed by atoms with van der Waals surface area (Å²) in [6.07, 6.45) is 5.64. The molecule has 1 N–H and O–H groups in total. The zero-order chi connectivity index (χ0) is 47.7. The fourth-order valence-corrected chi connectivity index (χ4v) is 12.2. The number of unbranched alkanes of at least 4 members (excludes halogenated alkanes) is 2. The summed E-state index contributed by atoms with van der Waals surface area (Å²) in [6, 6.07) is 8.50. The van der Waals surface area contributed by atoms with Gasteiger partial charge in [-0.25, -0.2) is 42.1 Å². The van der Waals surface area contributed by atoms with Crippen LogP contribution in [0.1, 0.15) is 70.4 Å². The van der Waals surface area contributed by atoms with E-state index in [1.807, 2.05) is 4.58 Å². The van der Waals surface area contributed by atoms with Crippen LogP contribution in [0, 0.1) is 0 Å². The van der Waals surface area contributed by atoms with Crippen molar-refractivity contribution in [3.05, 3.63) is 83.6 Å². The van der Waals surface area contributed by atoms with Crippen molar-refractivity contribution in [2.24, 2.45) is 0 Å².